The summed E-state index contributed by atoms with van der Waals surface area (Å²) in [4.78, 5) is 18.5. The number of hydrogen-bond donors (Lipinski definition) is 2. The van der Waals surface area contributed by atoms with E-state index in [0.29, 0.717) is 5.92 Å². The number of furan rings is 1. The second-order valence-electron chi connectivity index (χ2n) is 8.01. The monoisotopic (exact) mass is 380 g/mol. The fourth-order valence-electron chi connectivity index (χ4n) is 2.61. The molecule has 1 aromatic heterocycles. The summed E-state index contributed by atoms with van der Waals surface area (Å²) in [7, 11) is 3.76. The molecular formula is C20H36N4O3. The molecule has 0 bridgehead atoms. The number of nitrogens with zero attached hydrogens (tertiary/aromatic N) is 2. The maximum atomic E-state index is 12.1. The summed E-state index contributed by atoms with van der Waals surface area (Å²) in [6.45, 7) is 11.3. The predicted octanol–water partition coefficient (Wildman–Crippen LogP) is 3.27. The van der Waals surface area contributed by atoms with Crippen molar-refractivity contribution in [1.29, 1.82) is 0 Å². The molecule has 1 aromatic rings. The van der Waals surface area contributed by atoms with Gasteiger partial charge in [-0.1, -0.05) is 13.8 Å². The van der Waals surface area contributed by atoms with E-state index in [0.717, 1.165) is 37.7 Å². The zero-order chi connectivity index (χ0) is 20.4. The first kappa shape index (κ1) is 22.9. The van der Waals surface area contributed by atoms with Crippen molar-refractivity contribution in [3.05, 3.63) is 24.2 Å². The molecule has 1 rings (SSSR count). The maximum absolute atomic E-state index is 12.1. The summed E-state index contributed by atoms with van der Waals surface area (Å²) in [6, 6.07) is 3.88. The number of guanidine groups is 1. The fraction of sp³-hybridized carbons (Fsp3) is 0.700. The van der Waals surface area contributed by atoms with Crippen LogP contribution in [-0.2, 0) is 11.2 Å². The minimum atomic E-state index is -0.498. The van der Waals surface area contributed by atoms with Crippen molar-refractivity contribution >= 4 is 12.1 Å². The standard InChI is InChI=1S/C20H36N4O3/c1-15(2)17(23-19(25)27-20(3,4)5)11-13-24(7)18(21-6)22-12-10-16-9-8-14-26-16/h8-9,14-15,17H,10-13H2,1-7H3,(H,21,22)(H,23,25). The highest BCUT2D eigenvalue weighted by Crippen LogP contribution is 2.11. The average molecular weight is 381 g/mol. The quantitative estimate of drug-likeness (QED) is 0.534. The smallest absolute Gasteiger partial charge is 0.407 e. The molecule has 0 saturated carbocycles. The van der Waals surface area contributed by atoms with Crippen LogP contribution in [-0.4, -0.2) is 55.8 Å². The lowest BCUT2D eigenvalue weighted by Gasteiger charge is -2.28. The van der Waals surface area contributed by atoms with Gasteiger partial charge in [-0.2, -0.15) is 0 Å². The van der Waals surface area contributed by atoms with E-state index in [1.807, 2.05) is 40.0 Å². The number of hydrogen-bond acceptors (Lipinski definition) is 4. The van der Waals surface area contributed by atoms with Gasteiger partial charge >= 0.3 is 6.09 Å². The largest absolute Gasteiger partial charge is 0.469 e. The highest BCUT2D eigenvalue weighted by Gasteiger charge is 2.22. The Morgan fingerprint density at radius 1 is 1.37 bits per heavy atom. The molecule has 0 radical (unpaired) electrons. The topological polar surface area (TPSA) is 79.1 Å². The first-order valence-electron chi connectivity index (χ1n) is 9.56. The highest BCUT2D eigenvalue weighted by molar-refractivity contribution is 5.79. The molecule has 0 saturated heterocycles. The Morgan fingerprint density at radius 3 is 2.59 bits per heavy atom. The van der Waals surface area contributed by atoms with Gasteiger partial charge in [0.05, 0.1) is 6.26 Å². The number of carbonyl (C=O) groups is 1. The minimum Gasteiger partial charge on any atom is -0.469 e. The van der Waals surface area contributed by atoms with Gasteiger partial charge < -0.3 is 24.7 Å². The van der Waals surface area contributed by atoms with Gasteiger partial charge in [0.25, 0.3) is 0 Å². The number of amides is 1. The summed E-state index contributed by atoms with van der Waals surface area (Å²) in [5.41, 5.74) is -0.498. The normalized spacial score (nSPS) is 13.4. The van der Waals surface area contributed by atoms with E-state index in [4.69, 9.17) is 9.15 Å². The third kappa shape index (κ3) is 9.35. The Hall–Kier alpha value is -2.18. The van der Waals surface area contributed by atoms with Crippen LogP contribution in [0.2, 0.25) is 0 Å². The maximum Gasteiger partial charge on any atom is 0.407 e. The van der Waals surface area contributed by atoms with Crippen molar-refractivity contribution < 1.29 is 13.9 Å². The van der Waals surface area contributed by atoms with Gasteiger partial charge in [0.1, 0.15) is 11.4 Å². The van der Waals surface area contributed by atoms with Crippen LogP contribution in [0.15, 0.2) is 27.8 Å². The molecule has 7 heteroatoms. The first-order valence-corrected chi connectivity index (χ1v) is 9.56. The molecule has 0 aromatic carbocycles. The third-order valence-electron chi connectivity index (χ3n) is 4.09. The van der Waals surface area contributed by atoms with Crippen LogP contribution in [0.25, 0.3) is 0 Å². The summed E-state index contributed by atoms with van der Waals surface area (Å²) in [5, 5.41) is 6.32. The molecule has 0 fully saturated rings. The summed E-state index contributed by atoms with van der Waals surface area (Å²) in [6.07, 6.45) is 2.91. The van der Waals surface area contributed by atoms with Gasteiger partial charge in [-0.25, -0.2) is 4.79 Å². The van der Waals surface area contributed by atoms with Gasteiger partial charge in [-0.3, -0.25) is 4.99 Å². The van der Waals surface area contributed by atoms with Crippen molar-refractivity contribution in [2.75, 3.05) is 27.2 Å². The molecule has 0 aliphatic heterocycles. The molecule has 7 nitrogen and oxygen atoms in total. The Labute approximate surface area is 163 Å². The van der Waals surface area contributed by atoms with Crippen molar-refractivity contribution in [2.24, 2.45) is 10.9 Å². The van der Waals surface area contributed by atoms with E-state index in [1.165, 1.54) is 0 Å². The van der Waals surface area contributed by atoms with E-state index in [2.05, 4.69) is 34.4 Å². The molecule has 1 amide bonds. The number of aliphatic imine (C=N–C) groups is 1. The van der Waals surface area contributed by atoms with E-state index in [9.17, 15) is 4.79 Å². The Morgan fingerprint density at radius 2 is 2.07 bits per heavy atom. The van der Waals surface area contributed by atoms with Crippen LogP contribution in [0.1, 0.15) is 46.8 Å². The van der Waals surface area contributed by atoms with Crippen molar-refractivity contribution in [3.63, 3.8) is 0 Å². The first-order chi connectivity index (χ1) is 12.6. The Balaban J connectivity index is 2.46. The van der Waals surface area contributed by atoms with Crippen LogP contribution in [0.3, 0.4) is 0 Å². The molecule has 0 aliphatic rings. The summed E-state index contributed by atoms with van der Waals surface area (Å²) >= 11 is 0. The molecule has 2 N–H and O–H groups in total. The van der Waals surface area contributed by atoms with Gasteiger partial charge in [-0.15, -0.1) is 0 Å². The lowest BCUT2D eigenvalue weighted by atomic mass is 10.0. The highest BCUT2D eigenvalue weighted by atomic mass is 16.6. The Bertz CT molecular complexity index is 577. The van der Waals surface area contributed by atoms with Gasteiger partial charge in [-0.05, 0) is 45.2 Å². The number of carbonyl (C=O) groups excluding carboxylic acids is 1. The minimum absolute atomic E-state index is 0.0310. The fourth-order valence-corrected chi connectivity index (χ4v) is 2.61. The van der Waals surface area contributed by atoms with E-state index < -0.39 is 5.60 Å². The van der Waals surface area contributed by atoms with Crippen LogP contribution >= 0.6 is 0 Å². The summed E-state index contributed by atoms with van der Waals surface area (Å²) in [5.74, 6) is 2.07. The molecule has 154 valence electrons. The van der Waals surface area contributed by atoms with Crippen LogP contribution < -0.4 is 10.6 Å². The zero-order valence-corrected chi connectivity index (χ0v) is 17.8. The van der Waals surface area contributed by atoms with Gasteiger partial charge in [0.15, 0.2) is 5.96 Å². The number of ether oxygens (including phenoxy) is 1. The van der Waals surface area contributed by atoms with E-state index in [-0.39, 0.29) is 12.1 Å². The Kier molecular flexibility index (Phi) is 9.18. The number of alkyl carbamates (subject to hydrolysis) is 1. The van der Waals surface area contributed by atoms with Crippen LogP contribution in [0, 0.1) is 5.92 Å². The number of rotatable bonds is 8. The molecular weight excluding hydrogens is 344 g/mol. The average Bonchev–Trinajstić information content (AvgIpc) is 3.06. The SMILES string of the molecule is CN=C(NCCc1ccco1)N(C)CCC(NC(=O)OC(C)(C)C)C(C)C. The van der Waals surface area contributed by atoms with Crippen LogP contribution in [0.4, 0.5) is 4.79 Å². The lowest BCUT2D eigenvalue weighted by Crippen LogP contribution is -2.45. The van der Waals surface area contributed by atoms with Crippen LogP contribution in [0.5, 0.6) is 0 Å². The second-order valence-corrected chi connectivity index (χ2v) is 8.01. The van der Waals surface area contributed by atoms with Gasteiger partial charge in [0.2, 0.25) is 0 Å². The van der Waals surface area contributed by atoms with E-state index in [1.54, 1.807) is 13.3 Å². The lowest BCUT2D eigenvalue weighted by molar-refractivity contribution is 0.0486. The second kappa shape index (κ2) is 10.8. The molecule has 1 unspecified atom stereocenters. The van der Waals surface area contributed by atoms with Crippen molar-refractivity contribution in [3.8, 4) is 0 Å². The zero-order valence-electron chi connectivity index (χ0n) is 17.8. The van der Waals surface area contributed by atoms with Crippen molar-refractivity contribution in [2.45, 2.75) is 59.1 Å². The van der Waals surface area contributed by atoms with Crippen molar-refractivity contribution in [1.82, 2.24) is 15.5 Å². The molecule has 1 atom stereocenters. The molecule has 27 heavy (non-hydrogen) atoms. The van der Waals surface area contributed by atoms with E-state index >= 15 is 0 Å². The predicted molar refractivity (Wildman–Crippen MR) is 109 cm³/mol. The summed E-state index contributed by atoms with van der Waals surface area (Å²) < 4.78 is 10.7. The number of nitrogens with one attached hydrogen (secondary N) is 2. The van der Waals surface area contributed by atoms with Gasteiger partial charge in [0, 0.05) is 39.6 Å². The molecule has 1 heterocycles. The molecule has 0 aliphatic carbocycles. The molecule has 0 spiro atoms. The third-order valence-corrected chi connectivity index (χ3v) is 4.09.